The molecule has 2 aromatic carbocycles. The average Bonchev–Trinajstić information content (AvgIpc) is 2.89. The van der Waals surface area contributed by atoms with Crippen LogP contribution in [0.5, 0.6) is 0 Å². The molecule has 7 heteroatoms. The molecule has 192 valence electrons. The van der Waals surface area contributed by atoms with Gasteiger partial charge in [-0.15, -0.1) is 11.8 Å². The summed E-state index contributed by atoms with van der Waals surface area (Å²) >= 11 is 1.71. The molecule has 1 atom stereocenters. The van der Waals surface area contributed by atoms with Gasteiger partial charge in [-0.2, -0.15) is 0 Å². The highest BCUT2D eigenvalue weighted by Crippen LogP contribution is 2.30. The molecule has 0 aromatic heterocycles. The fourth-order valence-corrected chi connectivity index (χ4v) is 6.20. The molecule has 2 aliphatic rings. The molecule has 2 amide bonds. The quantitative estimate of drug-likeness (QED) is 0.265. The van der Waals surface area contributed by atoms with Crippen molar-refractivity contribution in [3.63, 3.8) is 0 Å². The summed E-state index contributed by atoms with van der Waals surface area (Å²) in [6, 6.07) is 14.9. The molecule has 4 rings (SSSR count). The maximum Gasteiger partial charge on any atom is 0.243 e. The van der Waals surface area contributed by atoms with E-state index in [0.717, 1.165) is 35.5 Å². The highest BCUT2D eigenvalue weighted by molar-refractivity contribution is 7.98. The first-order valence-electron chi connectivity index (χ1n) is 13.1. The number of imide groups is 1. The van der Waals surface area contributed by atoms with Gasteiger partial charge in [-0.05, 0) is 62.0 Å². The fraction of sp³-hybridized carbons (Fsp3) is 0.483. The number of hydrogen-bond acceptors (Lipinski definition) is 6. The minimum absolute atomic E-state index is 0.222. The third kappa shape index (κ3) is 7.28. The third-order valence-corrected chi connectivity index (χ3v) is 8.49. The van der Waals surface area contributed by atoms with E-state index in [-0.39, 0.29) is 17.9 Å². The van der Waals surface area contributed by atoms with Crippen LogP contribution in [0.15, 0.2) is 47.4 Å². The smallest absolute Gasteiger partial charge is 0.243 e. The highest BCUT2D eigenvalue weighted by Gasteiger charge is 2.30. The molecule has 2 aromatic rings. The Morgan fingerprint density at radius 1 is 1.03 bits per heavy atom. The minimum Gasteiger partial charge on any atom is -0.314 e. The van der Waals surface area contributed by atoms with Crippen molar-refractivity contribution >= 4 is 29.9 Å². The summed E-state index contributed by atoms with van der Waals surface area (Å²) in [5.41, 5.74) is 4.15. The number of carbonyl (C=O) groups excluding carboxylic acids is 3. The summed E-state index contributed by atoms with van der Waals surface area (Å²) in [5, 5.41) is 6.14. The Hall–Kier alpha value is -2.48. The average molecular weight is 508 g/mol. The van der Waals surface area contributed by atoms with E-state index < -0.39 is 0 Å². The first kappa shape index (κ1) is 26.6. The Balaban J connectivity index is 1.33. The summed E-state index contributed by atoms with van der Waals surface area (Å²) in [7, 11) is 1.87. The van der Waals surface area contributed by atoms with E-state index in [1.807, 2.05) is 30.1 Å². The minimum atomic E-state index is -0.375. The molecule has 1 aliphatic heterocycles. The molecule has 2 fully saturated rings. The van der Waals surface area contributed by atoms with Crippen LogP contribution in [0.2, 0.25) is 0 Å². The number of thioether (sulfide) groups is 1. The topological polar surface area (TPSA) is 78.5 Å². The van der Waals surface area contributed by atoms with E-state index in [1.54, 1.807) is 11.8 Å². The van der Waals surface area contributed by atoms with Crippen LogP contribution in [0.4, 0.5) is 0 Å². The summed E-state index contributed by atoms with van der Waals surface area (Å²) in [6.45, 7) is 1.50. The van der Waals surface area contributed by atoms with Gasteiger partial charge in [0.25, 0.3) is 0 Å². The number of nitrogens with one attached hydrogen (secondary N) is 2. The zero-order valence-electron chi connectivity index (χ0n) is 21.1. The zero-order valence-corrected chi connectivity index (χ0v) is 21.9. The van der Waals surface area contributed by atoms with Gasteiger partial charge in [-0.3, -0.25) is 24.6 Å². The zero-order chi connectivity index (χ0) is 25.3. The van der Waals surface area contributed by atoms with Crippen molar-refractivity contribution in [1.29, 1.82) is 0 Å². The van der Waals surface area contributed by atoms with Gasteiger partial charge in [0.15, 0.2) is 0 Å². The summed E-state index contributed by atoms with van der Waals surface area (Å²) in [4.78, 5) is 38.6. The van der Waals surface area contributed by atoms with E-state index in [0.29, 0.717) is 31.0 Å². The van der Waals surface area contributed by atoms with Crippen LogP contribution < -0.4 is 10.6 Å². The number of piperidine rings is 1. The van der Waals surface area contributed by atoms with E-state index in [2.05, 4.69) is 34.9 Å². The fourth-order valence-electron chi connectivity index (χ4n) is 5.15. The van der Waals surface area contributed by atoms with Crippen molar-refractivity contribution in [2.24, 2.45) is 0 Å². The van der Waals surface area contributed by atoms with Gasteiger partial charge in [-0.1, -0.05) is 55.7 Å². The standard InChI is InChI=1S/C29H37N3O3S/c1-32(26-14-15-28(34)31-29(26)35)18-25-23(19-33)6-5-9-27(25)36-20-22-12-10-21(11-13-22)16-17-30-24-7-3-2-4-8-24/h5-6,9-13,19,24,26,30H,2-4,7-8,14-18,20H2,1H3,(H,31,34,35). The van der Waals surface area contributed by atoms with Crippen LogP contribution in [0.3, 0.4) is 0 Å². The number of benzene rings is 2. The Morgan fingerprint density at radius 2 is 1.78 bits per heavy atom. The van der Waals surface area contributed by atoms with E-state index >= 15 is 0 Å². The highest BCUT2D eigenvalue weighted by atomic mass is 32.2. The SMILES string of the molecule is CN(Cc1c(C=O)cccc1SCc1ccc(CCNC2CCCCC2)cc1)C1CCC(=O)NC1=O. The number of amides is 2. The second-order valence-electron chi connectivity index (χ2n) is 9.97. The lowest BCUT2D eigenvalue weighted by Gasteiger charge is -2.30. The van der Waals surface area contributed by atoms with E-state index in [1.165, 1.54) is 43.2 Å². The number of carbonyl (C=O) groups is 3. The number of aldehydes is 1. The molecule has 36 heavy (non-hydrogen) atoms. The summed E-state index contributed by atoms with van der Waals surface area (Å²) in [6.07, 6.45) is 9.48. The van der Waals surface area contributed by atoms with Crippen molar-refractivity contribution in [2.45, 2.75) is 80.6 Å². The number of likely N-dealkylation sites (N-methyl/N-ethyl adjacent to an activating group) is 1. The predicted molar refractivity (Wildman–Crippen MR) is 144 cm³/mol. The number of rotatable bonds is 11. The van der Waals surface area contributed by atoms with Gasteiger partial charge in [-0.25, -0.2) is 0 Å². The lowest BCUT2D eigenvalue weighted by molar-refractivity contribution is -0.137. The van der Waals surface area contributed by atoms with Gasteiger partial charge in [0, 0.05) is 35.2 Å². The Labute approximate surface area is 218 Å². The van der Waals surface area contributed by atoms with Gasteiger partial charge < -0.3 is 5.32 Å². The van der Waals surface area contributed by atoms with E-state index in [4.69, 9.17) is 0 Å². The first-order valence-corrected chi connectivity index (χ1v) is 14.1. The molecule has 1 saturated carbocycles. The van der Waals surface area contributed by atoms with Crippen LogP contribution in [0, 0.1) is 0 Å². The molecule has 1 aliphatic carbocycles. The molecule has 1 unspecified atom stereocenters. The van der Waals surface area contributed by atoms with Crippen molar-refractivity contribution in [3.8, 4) is 0 Å². The van der Waals surface area contributed by atoms with Crippen molar-refractivity contribution < 1.29 is 14.4 Å². The van der Waals surface area contributed by atoms with E-state index in [9.17, 15) is 14.4 Å². The summed E-state index contributed by atoms with van der Waals surface area (Å²) in [5.74, 6) is 0.319. The Bertz CT molecular complexity index is 1050. The molecule has 0 spiro atoms. The molecular weight excluding hydrogens is 470 g/mol. The van der Waals surface area contributed by atoms with Crippen LogP contribution in [0.1, 0.15) is 72.0 Å². The molecule has 1 saturated heterocycles. The Kier molecular flexibility index (Phi) is 9.73. The van der Waals surface area contributed by atoms with Crippen molar-refractivity contribution in [3.05, 3.63) is 64.7 Å². The second kappa shape index (κ2) is 13.2. The van der Waals surface area contributed by atoms with Gasteiger partial charge in [0.05, 0.1) is 6.04 Å². The van der Waals surface area contributed by atoms with Crippen LogP contribution in [-0.4, -0.2) is 48.7 Å². The van der Waals surface area contributed by atoms with Gasteiger partial charge in [0.2, 0.25) is 11.8 Å². The largest absolute Gasteiger partial charge is 0.314 e. The monoisotopic (exact) mass is 507 g/mol. The molecule has 6 nitrogen and oxygen atoms in total. The lowest BCUT2D eigenvalue weighted by Crippen LogP contribution is -2.51. The Morgan fingerprint density at radius 3 is 2.50 bits per heavy atom. The second-order valence-corrected chi connectivity index (χ2v) is 11.0. The van der Waals surface area contributed by atoms with Crippen LogP contribution >= 0.6 is 11.8 Å². The third-order valence-electron chi connectivity index (χ3n) is 7.32. The molecule has 0 bridgehead atoms. The molecular formula is C29H37N3O3S. The molecule has 2 N–H and O–H groups in total. The summed E-state index contributed by atoms with van der Waals surface area (Å²) < 4.78 is 0. The normalized spacial score (nSPS) is 18.9. The van der Waals surface area contributed by atoms with Crippen molar-refractivity contribution in [2.75, 3.05) is 13.6 Å². The number of nitrogens with zero attached hydrogens (tertiary/aromatic N) is 1. The maximum absolute atomic E-state index is 12.3. The van der Waals surface area contributed by atoms with Gasteiger partial charge in [0.1, 0.15) is 6.29 Å². The predicted octanol–water partition coefficient (Wildman–Crippen LogP) is 4.49. The lowest BCUT2D eigenvalue weighted by atomic mass is 9.95. The van der Waals surface area contributed by atoms with Gasteiger partial charge >= 0.3 is 0 Å². The maximum atomic E-state index is 12.3. The number of hydrogen-bond donors (Lipinski definition) is 2. The first-order chi connectivity index (χ1) is 17.5. The van der Waals surface area contributed by atoms with Crippen LogP contribution in [-0.2, 0) is 28.3 Å². The van der Waals surface area contributed by atoms with Crippen LogP contribution in [0.25, 0.3) is 0 Å². The van der Waals surface area contributed by atoms with Crippen molar-refractivity contribution in [1.82, 2.24) is 15.5 Å². The molecule has 1 heterocycles. The molecule has 0 radical (unpaired) electrons.